The Labute approximate surface area is 104 Å². The largest absolute Gasteiger partial charge is 0.437 e. The van der Waals surface area contributed by atoms with Gasteiger partial charge in [0.05, 0.1) is 0 Å². The normalized spacial score (nSPS) is 15.2. The third-order valence-electron chi connectivity index (χ3n) is 1.45. The van der Waals surface area contributed by atoms with Gasteiger partial charge >= 0.3 is 17.1 Å². The van der Waals surface area contributed by atoms with Crippen LogP contribution in [0.25, 0.3) is 0 Å². The summed E-state index contributed by atoms with van der Waals surface area (Å²) in [5.41, 5.74) is 0. The van der Waals surface area contributed by atoms with E-state index in [2.05, 4.69) is 32.7 Å². The molecule has 0 aliphatic carbocycles. The van der Waals surface area contributed by atoms with Crippen molar-refractivity contribution in [1.82, 2.24) is 0 Å². The van der Waals surface area contributed by atoms with Crippen molar-refractivity contribution in [2.24, 2.45) is 0 Å². The van der Waals surface area contributed by atoms with Gasteiger partial charge in [0.1, 0.15) is 0 Å². The predicted molar refractivity (Wildman–Crippen MR) is 76.0 cm³/mol. The Kier molecular flexibility index (Phi) is 5.97. The Morgan fingerprint density at radius 2 is 1.27 bits per heavy atom. The minimum absolute atomic E-state index is 0.914. The van der Waals surface area contributed by atoms with Gasteiger partial charge in [-0.3, -0.25) is 0 Å². The van der Waals surface area contributed by atoms with E-state index >= 15 is 0 Å². The molecule has 0 aliphatic rings. The molecule has 0 radical (unpaired) electrons. The lowest BCUT2D eigenvalue weighted by Gasteiger charge is -2.36. The van der Waals surface area contributed by atoms with Crippen molar-refractivity contribution in [3.8, 4) is 0 Å². The standard InChI is InChI=1S/C7H23ClO3Si4/c1-13(2,3)10-15(6,7)11-14(4,5)9-12-8/h12H2,1-7H3. The summed E-state index contributed by atoms with van der Waals surface area (Å²) in [5, 5.41) is 0. The summed E-state index contributed by atoms with van der Waals surface area (Å²) in [6.07, 6.45) is 0. The maximum absolute atomic E-state index is 6.09. The molecule has 0 saturated carbocycles. The number of hydrogen-bond acceptors (Lipinski definition) is 3. The highest BCUT2D eigenvalue weighted by Crippen LogP contribution is 2.20. The summed E-state index contributed by atoms with van der Waals surface area (Å²) >= 11 is 5.70. The zero-order valence-electron chi connectivity index (χ0n) is 10.8. The van der Waals surface area contributed by atoms with Crippen molar-refractivity contribution in [1.29, 1.82) is 0 Å². The van der Waals surface area contributed by atoms with Gasteiger partial charge in [0.15, 0.2) is 8.32 Å². The molecule has 0 aromatic carbocycles. The summed E-state index contributed by atoms with van der Waals surface area (Å²) in [5.74, 6) is 0. The minimum atomic E-state index is -2.05. The fourth-order valence-corrected chi connectivity index (χ4v) is 16.9. The van der Waals surface area contributed by atoms with Gasteiger partial charge in [0, 0.05) is 0 Å². The number of hydrogen-bond donors (Lipinski definition) is 0. The minimum Gasteiger partial charge on any atom is -0.437 e. The highest BCUT2D eigenvalue weighted by Gasteiger charge is 2.38. The van der Waals surface area contributed by atoms with E-state index in [0.29, 0.717) is 0 Å². The zero-order valence-corrected chi connectivity index (χ0v) is 16.0. The first-order valence-corrected chi connectivity index (χ1v) is 16.8. The lowest BCUT2D eigenvalue weighted by atomic mass is 11.8. The zero-order chi connectivity index (χ0) is 12.3. The Balaban J connectivity index is 4.36. The first-order valence-electron chi connectivity index (χ1n) is 5.08. The van der Waals surface area contributed by atoms with E-state index in [0.717, 1.165) is 0 Å². The van der Waals surface area contributed by atoms with E-state index in [1.54, 1.807) is 0 Å². The molecular weight excluding hydrogens is 280 g/mol. The highest BCUT2D eigenvalue weighted by molar-refractivity contribution is 6.95. The summed E-state index contributed by atoms with van der Waals surface area (Å²) in [7, 11) is -6.55. The van der Waals surface area contributed by atoms with Crippen LogP contribution in [-0.2, 0) is 12.3 Å². The fourth-order valence-electron chi connectivity index (χ4n) is 1.51. The summed E-state index contributed by atoms with van der Waals surface area (Å²) in [6, 6.07) is 0. The second kappa shape index (κ2) is 5.58. The quantitative estimate of drug-likeness (QED) is 0.557. The SMILES string of the molecule is C[Si](C)(C)O[Si](C)(C)O[Si](C)(C)O[SiH2]Cl. The smallest absolute Gasteiger partial charge is 0.313 e. The van der Waals surface area contributed by atoms with Crippen LogP contribution in [0.2, 0.25) is 45.8 Å². The maximum atomic E-state index is 6.09. The molecular formula is C7H23ClO3Si4. The third-order valence-corrected chi connectivity index (χ3v) is 14.0. The van der Waals surface area contributed by atoms with Crippen LogP contribution in [0.15, 0.2) is 0 Å². The second-order valence-electron chi connectivity index (χ2n) is 5.37. The Hall–Kier alpha value is 1.04. The molecule has 0 saturated heterocycles. The van der Waals surface area contributed by atoms with E-state index in [1.807, 2.05) is 13.1 Å². The summed E-state index contributed by atoms with van der Waals surface area (Å²) < 4.78 is 17.7. The van der Waals surface area contributed by atoms with Crippen molar-refractivity contribution < 1.29 is 12.3 Å². The Bertz CT molecular complexity index is 205. The summed E-state index contributed by atoms with van der Waals surface area (Å²) in [6.45, 7) is 14.8. The molecule has 0 fully saturated rings. The van der Waals surface area contributed by atoms with Gasteiger partial charge in [-0.25, -0.2) is 0 Å². The molecule has 0 aromatic rings. The van der Waals surface area contributed by atoms with Crippen LogP contribution in [0.5, 0.6) is 0 Å². The molecule has 0 aliphatic heterocycles. The lowest BCUT2D eigenvalue weighted by Crippen LogP contribution is -2.52. The van der Waals surface area contributed by atoms with Gasteiger partial charge in [-0.15, -0.1) is 11.1 Å². The van der Waals surface area contributed by atoms with Crippen LogP contribution in [0.3, 0.4) is 0 Å². The molecule has 0 rings (SSSR count). The van der Waals surface area contributed by atoms with Crippen molar-refractivity contribution in [3.05, 3.63) is 0 Å². The molecule has 0 atom stereocenters. The molecule has 8 heteroatoms. The highest BCUT2D eigenvalue weighted by atomic mass is 35.6. The van der Waals surface area contributed by atoms with Gasteiger partial charge in [0.2, 0.25) is 9.07 Å². The molecule has 0 heterocycles. The molecule has 92 valence electrons. The first kappa shape index (κ1) is 16.0. The van der Waals surface area contributed by atoms with E-state index < -0.39 is 34.5 Å². The van der Waals surface area contributed by atoms with E-state index in [9.17, 15) is 0 Å². The third kappa shape index (κ3) is 8.81. The van der Waals surface area contributed by atoms with Gasteiger partial charge in [0.25, 0.3) is 0 Å². The van der Waals surface area contributed by atoms with Crippen LogP contribution in [0, 0.1) is 0 Å². The number of rotatable bonds is 6. The van der Waals surface area contributed by atoms with Gasteiger partial charge in [-0.1, -0.05) is 0 Å². The van der Waals surface area contributed by atoms with E-state index in [4.69, 9.17) is 23.4 Å². The van der Waals surface area contributed by atoms with Gasteiger partial charge in [-0.2, -0.15) is 0 Å². The van der Waals surface area contributed by atoms with Crippen molar-refractivity contribution >= 4 is 45.6 Å². The molecule has 0 spiro atoms. The number of halogens is 1. The molecule has 15 heavy (non-hydrogen) atoms. The Morgan fingerprint density at radius 3 is 1.60 bits per heavy atom. The molecule has 0 aromatic heterocycles. The topological polar surface area (TPSA) is 27.7 Å². The monoisotopic (exact) mass is 302 g/mol. The van der Waals surface area contributed by atoms with Crippen molar-refractivity contribution in [2.45, 2.75) is 45.8 Å². The van der Waals surface area contributed by atoms with Crippen LogP contribution in [0.1, 0.15) is 0 Å². The van der Waals surface area contributed by atoms with Crippen LogP contribution < -0.4 is 0 Å². The molecule has 0 bridgehead atoms. The average Bonchev–Trinajstić information content (AvgIpc) is 1.74. The van der Waals surface area contributed by atoms with Crippen LogP contribution >= 0.6 is 11.1 Å². The average molecular weight is 303 g/mol. The fraction of sp³-hybridized carbons (Fsp3) is 1.00. The van der Waals surface area contributed by atoms with E-state index in [-0.39, 0.29) is 0 Å². The first-order chi connectivity index (χ1) is 6.47. The summed E-state index contributed by atoms with van der Waals surface area (Å²) in [4.78, 5) is 0. The lowest BCUT2D eigenvalue weighted by molar-refractivity contribution is 0.340. The maximum Gasteiger partial charge on any atom is 0.313 e. The van der Waals surface area contributed by atoms with E-state index in [1.165, 1.54) is 0 Å². The predicted octanol–water partition coefficient (Wildman–Crippen LogP) is 2.51. The molecule has 0 amide bonds. The van der Waals surface area contributed by atoms with Gasteiger partial charge < -0.3 is 12.3 Å². The Morgan fingerprint density at radius 1 is 0.800 bits per heavy atom. The molecule has 0 unspecified atom stereocenters. The second-order valence-corrected chi connectivity index (χ2v) is 18.9. The van der Waals surface area contributed by atoms with Crippen molar-refractivity contribution in [3.63, 3.8) is 0 Å². The molecule has 0 N–H and O–H groups in total. The van der Waals surface area contributed by atoms with Crippen LogP contribution in [0.4, 0.5) is 0 Å². The van der Waals surface area contributed by atoms with Crippen LogP contribution in [-0.4, -0.2) is 34.5 Å². The van der Waals surface area contributed by atoms with Gasteiger partial charge in [-0.05, 0) is 45.8 Å². The molecule has 3 nitrogen and oxygen atoms in total. The van der Waals surface area contributed by atoms with Crippen molar-refractivity contribution in [2.75, 3.05) is 0 Å².